The highest BCUT2D eigenvalue weighted by atomic mass is 19.4. The van der Waals surface area contributed by atoms with Crippen molar-refractivity contribution in [1.82, 2.24) is 14.7 Å². The first kappa shape index (κ1) is 16.8. The fourth-order valence-corrected chi connectivity index (χ4v) is 3.02. The molecule has 0 radical (unpaired) electrons. The Morgan fingerprint density at radius 1 is 1.32 bits per heavy atom. The van der Waals surface area contributed by atoms with Gasteiger partial charge < -0.3 is 4.90 Å². The number of halogens is 3. The largest absolute Gasteiger partial charge is 0.435 e. The summed E-state index contributed by atoms with van der Waals surface area (Å²) in [5, 5.41) is 3.67. The molecule has 0 aliphatic carbocycles. The second-order valence-electron chi connectivity index (χ2n) is 6.19. The van der Waals surface area contributed by atoms with Crippen molar-refractivity contribution in [3.63, 3.8) is 0 Å². The summed E-state index contributed by atoms with van der Waals surface area (Å²) in [6.07, 6.45) is -1.98. The Morgan fingerprint density at radius 3 is 2.45 bits per heavy atom. The van der Waals surface area contributed by atoms with Crippen molar-refractivity contribution in [2.45, 2.75) is 65.2 Å². The molecular weight excluding hydrogens is 295 g/mol. The van der Waals surface area contributed by atoms with Crippen molar-refractivity contribution < 1.29 is 18.0 Å². The van der Waals surface area contributed by atoms with Crippen molar-refractivity contribution in [3.05, 3.63) is 17.0 Å². The summed E-state index contributed by atoms with van der Waals surface area (Å²) in [7, 11) is 0. The van der Waals surface area contributed by atoms with Crippen LogP contribution in [-0.4, -0.2) is 33.2 Å². The first-order chi connectivity index (χ1) is 10.1. The molecule has 2 rings (SSSR count). The molecule has 1 aliphatic rings. The van der Waals surface area contributed by atoms with Crippen molar-refractivity contribution in [2.24, 2.45) is 0 Å². The Balaban J connectivity index is 2.50. The number of likely N-dealkylation sites (tertiary alicyclic amines) is 1. The number of carbonyl (C=O) groups is 1. The Labute approximate surface area is 128 Å². The standard InChI is InChI=1S/C15H22F3N3O/c1-9(2)21-11(4)12(13(19-21)15(16,17)18)14(22)20-8-6-5-7-10(20)3/h9-10H,5-8H2,1-4H3. The summed E-state index contributed by atoms with van der Waals surface area (Å²) >= 11 is 0. The smallest absolute Gasteiger partial charge is 0.336 e. The zero-order valence-electron chi connectivity index (χ0n) is 13.4. The quantitative estimate of drug-likeness (QED) is 0.832. The van der Waals surface area contributed by atoms with Crippen LogP contribution in [-0.2, 0) is 6.18 Å². The number of piperidine rings is 1. The number of nitrogens with zero attached hydrogens (tertiary/aromatic N) is 3. The highest BCUT2D eigenvalue weighted by Gasteiger charge is 2.42. The monoisotopic (exact) mass is 317 g/mol. The van der Waals surface area contributed by atoms with Crippen LogP contribution in [0, 0.1) is 6.92 Å². The number of amides is 1. The first-order valence-electron chi connectivity index (χ1n) is 7.61. The van der Waals surface area contributed by atoms with E-state index in [9.17, 15) is 18.0 Å². The number of rotatable bonds is 2. The van der Waals surface area contributed by atoms with Crippen LogP contribution < -0.4 is 0 Å². The zero-order chi connectivity index (χ0) is 16.7. The fourth-order valence-electron chi connectivity index (χ4n) is 3.02. The number of hydrogen-bond acceptors (Lipinski definition) is 2. The van der Waals surface area contributed by atoms with Crippen LogP contribution in [0.1, 0.15) is 67.8 Å². The van der Waals surface area contributed by atoms with E-state index in [-0.39, 0.29) is 23.3 Å². The minimum atomic E-state index is -4.63. The van der Waals surface area contributed by atoms with Gasteiger partial charge in [-0.1, -0.05) is 0 Å². The van der Waals surface area contributed by atoms with Crippen molar-refractivity contribution in [2.75, 3.05) is 6.54 Å². The summed E-state index contributed by atoms with van der Waals surface area (Å²) in [6, 6.07) is -0.273. The molecule has 1 amide bonds. The molecule has 7 heteroatoms. The average Bonchev–Trinajstić information content (AvgIpc) is 2.76. The van der Waals surface area contributed by atoms with Crippen LogP contribution in [0.25, 0.3) is 0 Å². The molecule has 1 atom stereocenters. The third-order valence-electron chi connectivity index (χ3n) is 4.19. The molecule has 1 fully saturated rings. The molecule has 0 saturated carbocycles. The molecule has 1 aromatic heterocycles. The molecule has 0 aromatic carbocycles. The minimum absolute atomic E-state index is 0.0378. The number of hydrogen-bond donors (Lipinski definition) is 0. The van der Waals surface area contributed by atoms with E-state index in [0.717, 1.165) is 19.3 Å². The van der Waals surface area contributed by atoms with E-state index in [2.05, 4.69) is 5.10 Å². The molecular formula is C15H22F3N3O. The second-order valence-corrected chi connectivity index (χ2v) is 6.19. The van der Waals surface area contributed by atoms with Gasteiger partial charge in [0.15, 0.2) is 5.69 Å². The Morgan fingerprint density at radius 2 is 1.95 bits per heavy atom. The lowest BCUT2D eigenvalue weighted by Crippen LogP contribution is -2.42. The van der Waals surface area contributed by atoms with Gasteiger partial charge in [0.05, 0.1) is 5.56 Å². The molecule has 2 heterocycles. The SMILES string of the molecule is Cc1c(C(=O)N2CCCCC2C)c(C(F)(F)F)nn1C(C)C. The molecule has 1 unspecified atom stereocenters. The van der Waals surface area contributed by atoms with Gasteiger partial charge in [0.2, 0.25) is 0 Å². The molecule has 1 saturated heterocycles. The van der Waals surface area contributed by atoms with Gasteiger partial charge in [-0.25, -0.2) is 0 Å². The maximum absolute atomic E-state index is 13.3. The molecule has 0 bridgehead atoms. The van der Waals surface area contributed by atoms with Gasteiger partial charge in [-0.05, 0) is 47.0 Å². The highest BCUT2D eigenvalue weighted by molar-refractivity contribution is 5.97. The third-order valence-corrected chi connectivity index (χ3v) is 4.19. The van der Waals surface area contributed by atoms with E-state index >= 15 is 0 Å². The topological polar surface area (TPSA) is 38.1 Å². The van der Waals surface area contributed by atoms with Crippen LogP contribution in [0.15, 0.2) is 0 Å². The van der Waals surface area contributed by atoms with Gasteiger partial charge in [0.25, 0.3) is 5.91 Å². The molecule has 0 N–H and O–H groups in total. The van der Waals surface area contributed by atoms with Crippen molar-refractivity contribution >= 4 is 5.91 Å². The fraction of sp³-hybridized carbons (Fsp3) is 0.733. The maximum atomic E-state index is 13.3. The maximum Gasteiger partial charge on any atom is 0.435 e. The zero-order valence-corrected chi connectivity index (χ0v) is 13.4. The summed E-state index contributed by atoms with van der Waals surface area (Å²) in [5.74, 6) is -0.552. The normalized spacial score (nSPS) is 19.8. The predicted molar refractivity (Wildman–Crippen MR) is 76.7 cm³/mol. The van der Waals surface area contributed by atoms with Gasteiger partial charge in [0, 0.05) is 24.3 Å². The first-order valence-corrected chi connectivity index (χ1v) is 7.61. The van der Waals surface area contributed by atoms with Crippen molar-refractivity contribution in [3.8, 4) is 0 Å². The molecule has 1 aliphatic heterocycles. The lowest BCUT2D eigenvalue weighted by atomic mass is 10.0. The van der Waals surface area contributed by atoms with Gasteiger partial charge in [-0.15, -0.1) is 0 Å². The van der Waals surface area contributed by atoms with E-state index in [1.54, 1.807) is 18.7 Å². The molecule has 0 spiro atoms. The third kappa shape index (κ3) is 2.98. The van der Waals surface area contributed by atoms with E-state index in [0.29, 0.717) is 6.54 Å². The Bertz CT molecular complexity index is 563. The van der Waals surface area contributed by atoms with Crippen molar-refractivity contribution in [1.29, 1.82) is 0 Å². The van der Waals surface area contributed by atoms with E-state index in [1.807, 2.05) is 6.92 Å². The van der Waals surface area contributed by atoms with Crippen LogP contribution in [0.3, 0.4) is 0 Å². The second kappa shape index (κ2) is 5.93. The Hall–Kier alpha value is -1.53. The Kier molecular flexibility index (Phi) is 4.54. The summed E-state index contributed by atoms with van der Waals surface area (Å²) in [6.45, 7) is 7.41. The van der Waals surface area contributed by atoms with Crippen LogP contribution in [0.2, 0.25) is 0 Å². The van der Waals surface area contributed by atoms with E-state index in [4.69, 9.17) is 0 Å². The van der Waals surface area contributed by atoms with E-state index in [1.165, 1.54) is 11.6 Å². The van der Waals surface area contributed by atoms with Gasteiger partial charge >= 0.3 is 6.18 Å². The molecule has 22 heavy (non-hydrogen) atoms. The number of carbonyl (C=O) groups excluding carboxylic acids is 1. The molecule has 4 nitrogen and oxygen atoms in total. The number of aromatic nitrogens is 2. The summed E-state index contributed by atoms with van der Waals surface area (Å²) in [5.41, 5.74) is -1.08. The van der Waals surface area contributed by atoms with Crippen LogP contribution >= 0.6 is 0 Å². The van der Waals surface area contributed by atoms with E-state index < -0.39 is 17.8 Å². The van der Waals surface area contributed by atoms with Crippen LogP contribution in [0.5, 0.6) is 0 Å². The minimum Gasteiger partial charge on any atom is -0.336 e. The predicted octanol–water partition coefficient (Wildman–Crippen LogP) is 3.81. The lowest BCUT2D eigenvalue weighted by Gasteiger charge is -2.33. The van der Waals surface area contributed by atoms with Crippen LogP contribution in [0.4, 0.5) is 13.2 Å². The van der Waals surface area contributed by atoms with Gasteiger partial charge in [0.1, 0.15) is 0 Å². The van der Waals surface area contributed by atoms with Gasteiger partial charge in [-0.2, -0.15) is 18.3 Å². The number of alkyl halides is 3. The molecule has 124 valence electrons. The highest BCUT2D eigenvalue weighted by Crippen LogP contribution is 2.35. The average molecular weight is 317 g/mol. The summed E-state index contributed by atoms with van der Waals surface area (Å²) in [4.78, 5) is 14.3. The molecule has 1 aromatic rings. The van der Waals surface area contributed by atoms with Gasteiger partial charge in [-0.3, -0.25) is 9.48 Å². The summed E-state index contributed by atoms with van der Waals surface area (Å²) < 4.78 is 41.1. The lowest BCUT2D eigenvalue weighted by molar-refractivity contribution is -0.142.